The second-order valence-electron chi connectivity index (χ2n) is 10.0. The Balaban J connectivity index is 1.45. The predicted molar refractivity (Wildman–Crippen MR) is 176 cm³/mol. The fourth-order valence-electron chi connectivity index (χ4n) is 4.52. The summed E-state index contributed by atoms with van der Waals surface area (Å²) in [4.78, 5) is 37.8. The molecule has 0 aliphatic rings. The highest BCUT2D eigenvalue weighted by Crippen LogP contribution is 2.24. The maximum Gasteiger partial charge on any atom is 0.338 e. The minimum atomic E-state index is -3.64. The van der Waals surface area contributed by atoms with Crippen molar-refractivity contribution in [3.63, 3.8) is 0 Å². The van der Waals surface area contributed by atoms with Crippen LogP contribution in [0.5, 0.6) is 0 Å². The smallest absolute Gasteiger partial charge is 0.338 e. The Hall–Kier alpha value is -4.53. The summed E-state index contributed by atoms with van der Waals surface area (Å²) in [6.45, 7) is 8.22. The summed E-state index contributed by atoms with van der Waals surface area (Å²) in [5.74, 6) is -0.657. The Morgan fingerprint density at radius 3 is 2.22 bits per heavy atom. The molecule has 1 heterocycles. The van der Waals surface area contributed by atoms with E-state index < -0.39 is 21.9 Å². The number of ether oxygens (including phenoxy) is 1. The zero-order valence-corrected chi connectivity index (χ0v) is 27.7. The largest absolute Gasteiger partial charge is 0.462 e. The number of amides is 2. The van der Waals surface area contributed by atoms with E-state index in [9.17, 15) is 22.8 Å². The molecule has 3 aromatic carbocycles. The van der Waals surface area contributed by atoms with Crippen LogP contribution >= 0.6 is 11.8 Å². The number of hydrogen-bond donors (Lipinski definition) is 2. The van der Waals surface area contributed by atoms with Gasteiger partial charge in [-0.2, -0.15) is 4.31 Å². The summed E-state index contributed by atoms with van der Waals surface area (Å²) < 4.78 is 33.7. The third-order valence-corrected chi connectivity index (χ3v) is 9.83. The van der Waals surface area contributed by atoms with Crippen molar-refractivity contribution in [1.29, 1.82) is 0 Å². The molecule has 2 N–H and O–H groups in total. The van der Waals surface area contributed by atoms with E-state index >= 15 is 0 Å². The first-order valence-electron chi connectivity index (χ1n) is 14.7. The van der Waals surface area contributed by atoms with E-state index in [1.165, 1.54) is 40.3 Å². The van der Waals surface area contributed by atoms with Crippen LogP contribution in [0.15, 0.2) is 82.8 Å². The van der Waals surface area contributed by atoms with Crippen LogP contribution in [0, 0.1) is 6.92 Å². The first-order valence-corrected chi connectivity index (χ1v) is 17.1. The van der Waals surface area contributed by atoms with E-state index in [-0.39, 0.29) is 29.7 Å². The van der Waals surface area contributed by atoms with Gasteiger partial charge in [-0.25, -0.2) is 13.2 Å². The Morgan fingerprint density at radius 2 is 1.59 bits per heavy atom. The number of nitrogens with one attached hydrogen (secondary N) is 2. The van der Waals surface area contributed by atoms with Crippen LogP contribution in [0.4, 0.5) is 5.69 Å². The van der Waals surface area contributed by atoms with Gasteiger partial charge in [0.1, 0.15) is 0 Å². The molecule has 12 nitrogen and oxygen atoms in total. The SMILES string of the molecule is CCOC(=O)c1ccc(NC(=O)CSc2nnc(CNC(=O)c3ccc(S(=O)(=O)N(CC)CC)cc3)n2-c2cccc(C)c2)cc1. The number of sulfonamides is 1. The lowest BCUT2D eigenvalue weighted by Gasteiger charge is -2.18. The first kappa shape index (κ1) is 34.3. The zero-order chi connectivity index (χ0) is 33.3. The number of hydrogen-bond acceptors (Lipinski definition) is 9. The molecule has 1 aromatic heterocycles. The molecule has 0 radical (unpaired) electrons. The van der Waals surface area contributed by atoms with Crippen molar-refractivity contribution < 1.29 is 27.5 Å². The molecule has 4 rings (SSSR count). The molecule has 0 atom stereocenters. The molecule has 0 saturated carbocycles. The lowest BCUT2D eigenvalue weighted by atomic mass is 10.2. The van der Waals surface area contributed by atoms with Crippen LogP contribution in [0.3, 0.4) is 0 Å². The van der Waals surface area contributed by atoms with Gasteiger partial charge in [0.25, 0.3) is 5.91 Å². The van der Waals surface area contributed by atoms with E-state index in [2.05, 4.69) is 20.8 Å². The molecular formula is C32H36N6O6S2. The third kappa shape index (κ3) is 8.38. The molecule has 0 unspecified atom stereocenters. The van der Waals surface area contributed by atoms with Gasteiger partial charge in [0.15, 0.2) is 11.0 Å². The molecular weight excluding hydrogens is 629 g/mol. The quantitative estimate of drug-likeness (QED) is 0.147. The monoisotopic (exact) mass is 664 g/mol. The number of aromatic nitrogens is 3. The number of benzene rings is 3. The van der Waals surface area contributed by atoms with Gasteiger partial charge >= 0.3 is 5.97 Å². The van der Waals surface area contributed by atoms with Crippen molar-refractivity contribution in [3.8, 4) is 5.69 Å². The number of aryl methyl sites for hydroxylation is 1. The molecule has 0 bridgehead atoms. The second-order valence-corrected chi connectivity index (χ2v) is 12.9. The Kier molecular flexibility index (Phi) is 11.7. The van der Waals surface area contributed by atoms with Crippen LogP contribution in [0.25, 0.3) is 5.69 Å². The van der Waals surface area contributed by atoms with Crippen molar-refractivity contribution in [2.24, 2.45) is 0 Å². The van der Waals surface area contributed by atoms with Crippen molar-refractivity contribution in [2.75, 3.05) is 30.8 Å². The summed E-state index contributed by atoms with van der Waals surface area (Å²) in [7, 11) is -3.64. The summed E-state index contributed by atoms with van der Waals surface area (Å²) in [5.41, 5.74) is 2.97. The molecule has 0 saturated heterocycles. The van der Waals surface area contributed by atoms with Gasteiger partial charge in [-0.3, -0.25) is 14.2 Å². The van der Waals surface area contributed by atoms with Crippen molar-refractivity contribution in [3.05, 3.63) is 95.3 Å². The van der Waals surface area contributed by atoms with E-state index in [1.807, 2.05) is 31.2 Å². The molecule has 0 fully saturated rings. The average molecular weight is 665 g/mol. The fraction of sp³-hybridized carbons (Fsp3) is 0.281. The Labute approximate surface area is 272 Å². The summed E-state index contributed by atoms with van der Waals surface area (Å²) in [6.07, 6.45) is 0. The van der Waals surface area contributed by atoms with E-state index in [0.29, 0.717) is 40.9 Å². The van der Waals surface area contributed by atoms with Crippen LogP contribution in [-0.2, 0) is 26.1 Å². The average Bonchev–Trinajstić information content (AvgIpc) is 3.46. The molecule has 2 amide bonds. The number of nitrogens with zero attached hydrogens (tertiary/aromatic N) is 4. The highest BCUT2D eigenvalue weighted by Gasteiger charge is 2.22. The van der Waals surface area contributed by atoms with Crippen LogP contribution in [-0.4, -0.2) is 70.7 Å². The van der Waals surface area contributed by atoms with Gasteiger partial charge in [-0.05, 0) is 80.1 Å². The van der Waals surface area contributed by atoms with E-state index in [0.717, 1.165) is 11.3 Å². The van der Waals surface area contributed by atoms with Gasteiger partial charge in [0, 0.05) is 30.0 Å². The number of rotatable bonds is 14. The lowest BCUT2D eigenvalue weighted by Crippen LogP contribution is -2.30. The number of thioether (sulfide) groups is 1. The zero-order valence-electron chi connectivity index (χ0n) is 26.0. The van der Waals surface area contributed by atoms with Crippen LogP contribution in [0.2, 0.25) is 0 Å². The maximum atomic E-state index is 13.0. The minimum Gasteiger partial charge on any atom is -0.462 e. The predicted octanol–water partition coefficient (Wildman–Crippen LogP) is 4.44. The molecule has 0 spiro atoms. The topological polar surface area (TPSA) is 153 Å². The van der Waals surface area contributed by atoms with Crippen molar-refractivity contribution in [1.82, 2.24) is 24.4 Å². The molecule has 46 heavy (non-hydrogen) atoms. The third-order valence-electron chi connectivity index (χ3n) is 6.84. The second kappa shape index (κ2) is 15.7. The van der Waals surface area contributed by atoms with Crippen molar-refractivity contribution in [2.45, 2.75) is 44.3 Å². The van der Waals surface area contributed by atoms with Crippen molar-refractivity contribution >= 4 is 45.3 Å². The summed E-state index contributed by atoms with van der Waals surface area (Å²) >= 11 is 1.18. The fourth-order valence-corrected chi connectivity index (χ4v) is 6.75. The lowest BCUT2D eigenvalue weighted by molar-refractivity contribution is -0.113. The van der Waals surface area contributed by atoms with Crippen LogP contribution < -0.4 is 10.6 Å². The molecule has 242 valence electrons. The number of anilines is 1. The molecule has 0 aliphatic carbocycles. The molecule has 14 heteroatoms. The molecule has 0 aliphatic heterocycles. The van der Waals surface area contributed by atoms with E-state index in [4.69, 9.17) is 4.74 Å². The Morgan fingerprint density at radius 1 is 0.913 bits per heavy atom. The summed E-state index contributed by atoms with van der Waals surface area (Å²) in [6, 6.07) is 19.9. The van der Waals surface area contributed by atoms with Gasteiger partial charge in [0.2, 0.25) is 15.9 Å². The Bertz CT molecular complexity index is 1790. The molecule has 4 aromatic rings. The highest BCUT2D eigenvalue weighted by molar-refractivity contribution is 7.99. The number of esters is 1. The van der Waals surface area contributed by atoms with Gasteiger partial charge in [0.05, 0.1) is 29.4 Å². The van der Waals surface area contributed by atoms with E-state index in [1.54, 1.807) is 49.6 Å². The maximum absolute atomic E-state index is 13.0. The minimum absolute atomic E-state index is 0.0265. The van der Waals surface area contributed by atoms with Crippen LogP contribution in [0.1, 0.15) is 52.9 Å². The highest BCUT2D eigenvalue weighted by atomic mass is 32.2. The normalized spacial score (nSPS) is 11.3. The van der Waals surface area contributed by atoms with Gasteiger partial charge < -0.3 is 15.4 Å². The summed E-state index contributed by atoms with van der Waals surface area (Å²) in [5, 5.41) is 14.7. The standard InChI is InChI=1S/C32H36N6O6S2/c1-5-37(6-2)46(42,43)27-17-13-23(14-18-27)30(40)33-20-28-35-36-32(38(28)26-10-8-9-22(4)19-26)45-21-29(39)34-25-15-11-24(12-16-25)31(41)44-7-3/h8-19H,5-7,20-21H2,1-4H3,(H,33,40)(H,34,39). The number of carbonyl (C=O) groups excluding carboxylic acids is 3. The van der Waals surface area contributed by atoms with Gasteiger partial charge in [-0.15, -0.1) is 10.2 Å². The number of carbonyl (C=O) groups is 3. The first-order chi connectivity index (χ1) is 22.1. The van der Waals surface area contributed by atoms with Gasteiger partial charge in [-0.1, -0.05) is 37.7 Å².